The van der Waals surface area contributed by atoms with Crippen LogP contribution >= 0.6 is 11.3 Å². The normalized spacial score (nSPS) is 12.1. The summed E-state index contributed by atoms with van der Waals surface area (Å²) in [5.41, 5.74) is 2.73. The number of hydrogen-bond donors (Lipinski definition) is 2. The third-order valence-electron chi connectivity index (χ3n) is 4.29. The van der Waals surface area contributed by atoms with Crippen molar-refractivity contribution in [1.82, 2.24) is 4.98 Å². The number of thiazole rings is 1. The Balaban J connectivity index is 1.61. The van der Waals surface area contributed by atoms with Gasteiger partial charge in [0.15, 0.2) is 5.13 Å². The predicted molar refractivity (Wildman–Crippen MR) is 122 cm³/mol. The minimum atomic E-state index is -3.72. The number of benzene rings is 2. The first-order chi connectivity index (χ1) is 14.1. The van der Waals surface area contributed by atoms with Gasteiger partial charge in [-0.05, 0) is 46.9 Å². The first kappa shape index (κ1) is 21.7. The lowest BCUT2D eigenvalue weighted by Gasteiger charge is -2.18. The number of nitrogens with zero attached hydrogens (tertiary/aromatic N) is 1. The number of carbonyl (C=O) groups is 1. The van der Waals surface area contributed by atoms with Crippen molar-refractivity contribution in [3.63, 3.8) is 0 Å². The van der Waals surface area contributed by atoms with Crippen molar-refractivity contribution in [2.24, 2.45) is 0 Å². The van der Waals surface area contributed by atoms with Crippen molar-refractivity contribution in [1.29, 1.82) is 0 Å². The minimum absolute atomic E-state index is 0.0784. The molecule has 8 heteroatoms. The van der Waals surface area contributed by atoms with Crippen LogP contribution in [0.1, 0.15) is 31.9 Å². The second kappa shape index (κ2) is 8.81. The predicted octanol–water partition coefficient (Wildman–Crippen LogP) is 4.89. The Hall–Kier alpha value is -2.97. The molecule has 0 bridgehead atoms. The van der Waals surface area contributed by atoms with E-state index in [2.05, 4.69) is 47.9 Å². The highest BCUT2D eigenvalue weighted by Gasteiger charge is 2.15. The van der Waals surface area contributed by atoms with Crippen LogP contribution < -0.4 is 10.0 Å². The minimum Gasteiger partial charge on any atom is -0.323 e. The number of rotatable bonds is 6. The number of amides is 1. The second-order valence-electron chi connectivity index (χ2n) is 7.66. The van der Waals surface area contributed by atoms with Crippen LogP contribution in [0.4, 0.5) is 10.8 Å². The molecule has 1 aromatic heterocycles. The Morgan fingerprint density at radius 1 is 1.03 bits per heavy atom. The maximum Gasteiger partial charge on any atom is 0.263 e. The van der Waals surface area contributed by atoms with E-state index < -0.39 is 10.0 Å². The third kappa shape index (κ3) is 5.77. The molecular weight excluding hydrogens is 418 g/mol. The fourth-order valence-electron chi connectivity index (χ4n) is 2.62. The summed E-state index contributed by atoms with van der Waals surface area (Å²) >= 11 is 1.20. The summed E-state index contributed by atoms with van der Waals surface area (Å²) in [5, 5.41) is 4.70. The molecule has 30 heavy (non-hydrogen) atoms. The fourth-order valence-corrected chi connectivity index (χ4v) is 4.40. The maximum atomic E-state index is 12.3. The Kier molecular flexibility index (Phi) is 6.38. The zero-order valence-corrected chi connectivity index (χ0v) is 18.5. The first-order valence-electron chi connectivity index (χ1n) is 9.25. The molecule has 2 N–H and O–H groups in total. The molecule has 0 saturated heterocycles. The van der Waals surface area contributed by atoms with Crippen LogP contribution in [0.15, 0.2) is 71.1 Å². The lowest BCUT2D eigenvalue weighted by atomic mass is 9.87. The standard InChI is InChI=1S/C22H23N3O3S2/c1-22(2,3)17-7-4-16(5-8-17)6-13-20(26)24-18-9-11-19(12-10-18)30(27,28)25-21-23-14-15-29-21/h4-15H,1-3H3,(H,23,25)(H,24,26). The SMILES string of the molecule is CC(C)(C)c1ccc(C=CC(=O)Nc2ccc(S(=O)(=O)Nc3nccs3)cc2)cc1. The van der Waals surface area contributed by atoms with Gasteiger partial charge in [-0.15, -0.1) is 11.3 Å². The van der Waals surface area contributed by atoms with E-state index >= 15 is 0 Å². The van der Waals surface area contributed by atoms with Crippen LogP contribution in [-0.2, 0) is 20.2 Å². The summed E-state index contributed by atoms with van der Waals surface area (Å²) in [6, 6.07) is 14.0. The van der Waals surface area contributed by atoms with Crippen molar-refractivity contribution in [3.8, 4) is 0 Å². The molecule has 0 saturated carbocycles. The van der Waals surface area contributed by atoms with E-state index in [0.29, 0.717) is 10.8 Å². The Morgan fingerprint density at radius 2 is 1.70 bits per heavy atom. The number of aromatic nitrogens is 1. The summed E-state index contributed by atoms with van der Waals surface area (Å²) in [6.45, 7) is 6.45. The van der Waals surface area contributed by atoms with E-state index in [1.165, 1.54) is 41.3 Å². The summed E-state index contributed by atoms with van der Waals surface area (Å²) in [4.78, 5) is 16.2. The average molecular weight is 442 g/mol. The molecule has 6 nitrogen and oxygen atoms in total. The number of anilines is 2. The Labute approximate surface area is 180 Å². The highest BCUT2D eigenvalue weighted by molar-refractivity contribution is 7.93. The first-order valence-corrected chi connectivity index (χ1v) is 11.6. The summed E-state index contributed by atoms with van der Waals surface area (Å²) in [6.07, 6.45) is 4.70. The molecule has 0 unspecified atom stereocenters. The maximum absolute atomic E-state index is 12.3. The molecule has 0 fully saturated rings. The fraction of sp³-hybridized carbons (Fsp3) is 0.182. The monoisotopic (exact) mass is 441 g/mol. The van der Waals surface area contributed by atoms with E-state index in [1.54, 1.807) is 23.6 Å². The highest BCUT2D eigenvalue weighted by Crippen LogP contribution is 2.23. The van der Waals surface area contributed by atoms with E-state index in [1.807, 2.05) is 12.1 Å². The molecule has 0 aliphatic rings. The van der Waals surface area contributed by atoms with Crippen molar-refractivity contribution < 1.29 is 13.2 Å². The number of nitrogens with one attached hydrogen (secondary N) is 2. The molecule has 1 heterocycles. The smallest absolute Gasteiger partial charge is 0.263 e. The van der Waals surface area contributed by atoms with Gasteiger partial charge < -0.3 is 5.32 Å². The van der Waals surface area contributed by atoms with Crippen molar-refractivity contribution in [2.75, 3.05) is 10.0 Å². The van der Waals surface area contributed by atoms with Crippen molar-refractivity contribution in [2.45, 2.75) is 31.1 Å². The second-order valence-corrected chi connectivity index (χ2v) is 10.2. The van der Waals surface area contributed by atoms with Crippen LogP contribution in [0.5, 0.6) is 0 Å². The van der Waals surface area contributed by atoms with Gasteiger partial charge in [-0.3, -0.25) is 9.52 Å². The van der Waals surface area contributed by atoms with Gasteiger partial charge in [-0.2, -0.15) is 0 Å². The van der Waals surface area contributed by atoms with Crippen LogP contribution in [0.25, 0.3) is 6.08 Å². The van der Waals surface area contributed by atoms with Crippen molar-refractivity contribution in [3.05, 3.63) is 77.3 Å². The van der Waals surface area contributed by atoms with Crippen LogP contribution in [0, 0.1) is 0 Å². The van der Waals surface area contributed by atoms with E-state index in [4.69, 9.17) is 0 Å². The Morgan fingerprint density at radius 3 is 2.27 bits per heavy atom. The van der Waals surface area contributed by atoms with Gasteiger partial charge in [0.1, 0.15) is 0 Å². The van der Waals surface area contributed by atoms with Crippen molar-refractivity contribution >= 4 is 44.2 Å². The van der Waals surface area contributed by atoms with Crippen LogP contribution in [-0.4, -0.2) is 19.3 Å². The highest BCUT2D eigenvalue weighted by atomic mass is 32.2. The van der Waals surface area contributed by atoms with Gasteiger partial charge in [0.05, 0.1) is 4.90 Å². The van der Waals surface area contributed by atoms with E-state index in [-0.39, 0.29) is 16.2 Å². The third-order valence-corrected chi connectivity index (χ3v) is 6.46. The summed E-state index contributed by atoms with van der Waals surface area (Å²) in [7, 11) is -3.72. The van der Waals surface area contributed by atoms with E-state index in [0.717, 1.165) is 5.56 Å². The van der Waals surface area contributed by atoms with Crippen LogP contribution in [0.2, 0.25) is 0 Å². The zero-order chi connectivity index (χ0) is 21.8. The molecule has 0 spiro atoms. The van der Waals surface area contributed by atoms with E-state index in [9.17, 15) is 13.2 Å². The molecule has 0 radical (unpaired) electrons. The van der Waals surface area contributed by atoms with Gasteiger partial charge in [0.25, 0.3) is 10.0 Å². The van der Waals surface area contributed by atoms with Gasteiger partial charge in [0.2, 0.25) is 5.91 Å². The topological polar surface area (TPSA) is 88.2 Å². The van der Waals surface area contributed by atoms with Gasteiger partial charge in [-0.25, -0.2) is 13.4 Å². The number of carbonyl (C=O) groups excluding carboxylic acids is 1. The van der Waals surface area contributed by atoms with Gasteiger partial charge in [0, 0.05) is 23.3 Å². The number of hydrogen-bond acceptors (Lipinski definition) is 5. The molecule has 1 amide bonds. The molecule has 156 valence electrons. The van der Waals surface area contributed by atoms with Gasteiger partial charge >= 0.3 is 0 Å². The molecule has 3 rings (SSSR count). The average Bonchev–Trinajstić information content (AvgIpc) is 3.19. The number of sulfonamides is 1. The molecule has 0 atom stereocenters. The molecule has 0 aliphatic heterocycles. The summed E-state index contributed by atoms with van der Waals surface area (Å²) in [5.74, 6) is -0.300. The lowest BCUT2D eigenvalue weighted by Crippen LogP contribution is -2.13. The summed E-state index contributed by atoms with van der Waals surface area (Å²) < 4.78 is 27.1. The van der Waals surface area contributed by atoms with Gasteiger partial charge in [-0.1, -0.05) is 45.0 Å². The lowest BCUT2D eigenvalue weighted by molar-refractivity contribution is -0.111. The zero-order valence-electron chi connectivity index (χ0n) is 16.9. The molecule has 3 aromatic rings. The van der Waals surface area contributed by atoms with Crippen LogP contribution in [0.3, 0.4) is 0 Å². The quantitative estimate of drug-likeness (QED) is 0.533. The molecular formula is C22H23N3O3S2. The molecule has 0 aliphatic carbocycles. The molecule has 2 aromatic carbocycles. The Bertz CT molecular complexity index is 1130. The largest absolute Gasteiger partial charge is 0.323 e.